The molecule has 0 amide bonds. The molecule has 1 aromatic rings. The molecule has 0 fully saturated rings. The predicted molar refractivity (Wildman–Crippen MR) is 76.4 cm³/mol. The van der Waals surface area contributed by atoms with E-state index in [0.29, 0.717) is 12.0 Å². The Labute approximate surface area is 111 Å². The Bertz CT molecular complexity index is 360. The van der Waals surface area contributed by atoms with Gasteiger partial charge in [-0.25, -0.2) is 4.39 Å². The molecule has 0 aromatic heterocycles. The van der Waals surface area contributed by atoms with Crippen LogP contribution in [0.5, 0.6) is 0 Å². The third kappa shape index (κ3) is 4.77. The number of aryl methyl sites for hydroxylation is 2. The molecule has 2 heteroatoms. The Morgan fingerprint density at radius 3 is 2.56 bits per heavy atom. The van der Waals surface area contributed by atoms with Crippen molar-refractivity contribution in [3.63, 3.8) is 0 Å². The van der Waals surface area contributed by atoms with E-state index in [1.54, 1.807) is 13.0 Å². The molecular formula is C16H26FN. The summed E-state index contributed by atoms with van der Waals surface area (Å²) >= 11 is 0. The molecule has 1 nitrogen and oxygen atoms in total. The number of rotatable bonds is 7. The van der Waals surface area contributed by atoms with E-state index in [9.17, 15) is 4.39 Å². The van der Waals surface area contributed by atoms with Crippen molar-refractivity contribution in [3.8, 4) is 0 Å². The van der Waals surface area contributed by atoms with Crippen molar-refractivity contribution in [1.82, 2.24) is 5.32 Å². The van der Waals surface area contributed by atoms with E-state index < -0.39 is 0 Å². The second-order valence-electron chi connectivity index (χ2n) is 5.43. The standard InChI is InChI=1S/C16H26FN/c1-5-10-18-16(12(2)3)9-8-14-7-6-13(4)15(17)11-14/h6-7,11-12,16,18H,5,8-10H2,1-4H3. The lowest BCUT2D eigenvalue weighted by atomic mass is 9.96. The second-order valence-corrected chi connectivity index (χ2v) is 5.43. The summed E-state index contributed by atoms with van der Waals surface area (Å²) in [6.45, 7) is 9.52. The number of hydrogen-bond donors (Lipinski definition) is 1. The van der Waals surface area contributed by atoms with Crippen molar-refractivity contribution in [2.24, 2.45) is 5.92 Å². The van der Waals surface area contributed by atoms with E-state index in [0.717, 1.165) is 36.9 Å². The molecule has 1 unspecified atom stereocenters. The zero-order valence-corrected chi connectivity index (χ0v) is 12.1. The molecule has 1 atom stereocenters. The van der Waals surface area contributed by atoms with Gasteiger partial charge in [0, 0.05) is 6.04 Å². The zero-order chi connectivity index (χ0) is 13.5. The molecule has 0 spiro atoms. The number of benzene rings is 1. The van der Waals surface area contributed by atoms with Crippen LogP contribution in [0.4, 0.5) is 4.39 Å². The average Bonchev–Trinajstić information content (AvgIpc) is 2.33. The van der Waals surface area contributed by atoms with Crippen LogP contribution >= 0.6 is 0 Å². The molecule has 18 heavy (non-hydrogen) atoms. The molecule has 0 aliphatic rings. The van der Waals surface area contributed by atoms with E-state index in [4.69, 9.17) is 0 Å². The molecule has 0 radical (unpaired) electrons. The maximum absolute atomic E-state index is 13.4. The maximum atomic E-state index is 13.4. The fourth-order valence-corrected chi connectivity index (χ4v) is 2.11. The Kier molecular flexibility index (Phi) is 6.34. The molecule has 0 bridgehead atoms. The van der Waals surface area contributed by atoms with Gasteiger partial charge in [-0.15, -0.1) is 0 Å². The number of nitrogens with one attached hydrogen (secondary N) is 1. The molecule has 0 aliphatic heterocycles. The Balaban J connectivity index is 2.52. The van der Waals surface area contributed by atoms with Crippen LogP contribution in [0.1, 0.15) is 44.7 Å². The summed E-state index contributed by atoms with van der Waals surface area (Å²) in [6.07, 6.45) is 3.17. The molecule has 1 aromatic carbocycles. The van der Waals surface area contributed by atoms with Crippen molar-refractivity contribution < 1.29 is 4.39 Å². The number of hydrogen-bond acceptors (Lipinski definition) is 1. The summed E-state index contributed by atoms with van der Waals surface area (Å²) in [4.78, 5) is 0. The molecule has 1 N–H and O–H groups in total. The molecule has 0 aliphatic carbocycles. The highest BCUT2D eigenvalue weighted by Crippen LogP contribution is 2.14. The molecule has 0 saturated carbocycles. The Morgan fingerprint density at radius 2 is 2.00 bits per heavy atom. The zero-order valence-electron chi connectivity index (χ0n) is 12.1. The van der Waals surface area contributed by atoms with Crippen LogP contribution in [0, 0.1) is 18.7 Å². The third-order valence-electron chi connectivity index (χ3n) is 3.44. The van der Waals surface area contributed by atoms with Gasteiger partial charge in [-0.3, -0.25) is 0 Å². The van der Waals surface area contributed by atoms with Gasteiger partial charge in [-0.1, -0.05) is 32.9 Å². The van der Waals surface area contributed by atoms with Gasteiger partial charge in [0.1, 0.15) is 5.82 Å². The monoisotopic (exact) mass is 251 g/mol. The minimum Gasteiger partial charge on any atom is -0.314 e. The topological polar surface area (TPSA) is 12.0 Å². The first-order valence-electron chi connectivity index (χ1n) is 7.03. The van der Waals surface area contributed by atoms with Gasteiger partial charge in [0.05, 0.1) is 0 Å². The smallest absolute Gasteiger partial charge is 0.126 e. The van der Waals surface area contributed by atoms with Crippen LogP contribution in [0.15, 0.2) is 18.2 Å². The highest BCUT2D eigenvalue weighted by atomic mass is 19.1. The summed E-state index contributed by atoms with van der Waals surface area (Å²) in [5.74, 6) is 0.530. The van der Waals surface area contributed by atoms with Crippen LogP contribution in [0.25, 0.3) is 0 Å². The summed E-state index contributed by atoms with van der Waals surface area (Å²) in [7, 11) is 0. The molecule has 102 valence electrons. The summed E-state index contributed by atoms with van der Waals surface area (Å²) in [5.41, 5.74) is 1.82. The maximum Gasteiger partial charge on any atom is 0.126 e. The van der Waals surface area contributed by atoms with Crippen LogP contribution in [-0.4, -0.2) is 12.6 Å². The average molecular weight is 251 g/mol. The van der Waals surface area contributed by atoms with E-state index in [-0.39, 0.29) is 5.82 Å². The quantitative estimate of drug-likeness (QED) is 0.769. The summed E-state index contributed by atoms with van der Waals surface area (Å²) in [6, 6.07) is 6.10. The van der Waals surface area contributed by atoms with Crippen molar-refractivity contribution in [1.29, 1.82) is 0 Å². The number of halogens is 1. The van der Waals surface area contributed by atoms with Gasteiger partial charge in [-0.2, -0.15) is 0 Å². The van der Waals surface area contributed by atoms with Gasteiger partial charge >= 0.3 is 0 Å². The predicted octanol–water partition coefficient (Wildman–Crippen LogP) is 4.09. The molecule has 1 rings (SSSR count). The third-order valence-corrected chi connectivity index (χ3v) is 3.44. The fourth-order valence-electron chi connectivity index (χ4n) is 2.11. The first kappa shape index (κ1) is 15.2. The highest BCUT2D eigenvalue weighted by Gasteiger charge is 2.12. The summed E-state index contributed by atoms with van der Waals surface area (Å²) < 4.78 is 13.4. The lowest BCUT2D eigenvalue weighted by Gasteiger charge is -2.22. The van der Waals surface area contributed by atoms with Crippen molar-refractivity contribution in [3.05, 3.63) is 35.1 Å². The molecule has 0 saturated heterocycles. The van der Waals surface area contributed by atoms with Gasteiger partial charge in [0.25, 0.3) is 0 Å². The van der Waals surface area contributed by atoms with Gasteiger partial charge < -0.3 is 5.32 Å². The summed E-state index contributed by atoms with van der Waals surface area (Å²) in [5, 5.41) is 3.57. The van der Waals surface area contributed by atoms with E-state index in [2.05, 4.69) is 26.1 Å². The highest BCUT2D eigenvalue weighted by molar-refractivity contribution is 5.23. The van der Waals surface area contributed by atoms with E-state index in [1.807, 2.05) is 12.1 Å². The van der Waals surface area contributed by atoms with Gasteiger partial charge in [-0.05, 0) is 55.8 Å². The molecular weight excluding hydrogens is 225 g/mol. The lowest BCUT2D eigenvalue weighted by molar-refractivity contribution is 0.378. The first-order valence-corrected chi connectivity index (χ1v) is 7.03. The lowest BCUT2D eigenvalue weighted by Crippen LogP contribution is -2.34. The van der Waals surface area contributed by atoms with Crippen molar-refractivity contribution in [2.45, 2.75) is 53.0 Å². The largest absolute Gasteiger partial charge is 0.314 e. The minimum absolute atomic E-state index is 0.0879. The second kappa shape index (κ2) is 7.52. The fraction of sp³-hybridized carbons (Fsp3) is 0.625. The van der Waals surface area contributed by atoms with Gasteiger partial charge in [0.15, 0.2) is 0 Å². The Hall–Kier alpha value is -0.890. The first-order chi connectivity index (χ1) is 8.54. The van der Waals surface area contributed by atoms with Crippen LogP contribution < -0.4 is 5.32 Å². The van der Waals surface area contributed by atoms with Gasteiger partial charge in [0.2, 0.25) is 0 Å². The van der Waals surface area contributed by atoms with Crippen LogP contribution in [-0.2, 0) is 6.42 Å². The van der Waals surface area contributed by atoms with Crippen molar-refractivity contribution >= 4 is 0 Å². The molecule has 0 heterocycles. The minimum atomic E-state index is -0.0879. The van der Waals surface area contributed by atoms with Crippen LogP contribution in [0.2, 0.25) is 0 Å². The van der Waals surface area contributed by atoms with Crippen LogP contribution in [0.3, 0.4) is 0 Å². The SMILES string of the molecule is CCCNC(CCc1ccc(C)c(F)c1)C(C)C. The normalized spacial score (nSPS) is 13.0. The van der Waals surface area contributed by atoms with E-state index in [1.165, 1.54) is 0 Å². The van der Waals surface area contributed by atoms with Crippen molar-refractivity contribution in [2.75, 3.05) is 6.54 Å². The Morgan fingerprint density at radius 1 is 1.28 bits per heavy atom. The van der Waals surface area contributed by atoms with E-state index >= 15 is 0 Å².